The van der Waals surface area contributed by atoms with Crippen molar-refractivity contribution in [3.8, 4) is 0 Å². The lowest BCUT2D eigenvalue weighted by Crippen LogP contribution is -2.29. The molecule has 0 aliphatic carbocycles. The summed E-state index contributed by atoms with van der Waals surface area (Å²) in [7, 11) is 0. The lowest BCUT2D eigenvalue weighted by molar-refractivity contribution is 0.0952. The van der Waals surface area contributed by atoms with Gasteiger partial charge in [0.2, 0.25) is 0 Å². The number of para-hydroxylation sites is 1. The number of aryl methyl sites for hydroxylation is 2. The van der Waals surface area contributed by atoms with Gasteiger partial charge in [-0.3, -0.25) is 4.79 Å². The highest BCUT2D eigenvalue weighted by molar-refractivity contribution is 7.12. The van der Waals surface area contributed by atoms with Crippen LogP contribution in [0.1, 0.15) is 37.2 Å². The SMILES string of the molecule is Cc1cc(C(=O)NCC(c2ccccc2)c2c[nH]c3ccccc23)c(C)s1. The first-order chi connectivity index (χ1) is 13.1. The third-order valence-electron chi connectivity index (χ3n) is 4.95. The maximum atomic E-state index is 12.7. The molecule has 3 nitrogen and oxygen atoms in total. The zero-order valence-electron chi connectivity index (χ0n) is 15.5. The van der Waals surface area contributed by atoms with Crippen molar-refractivity contribution >= 4 is 28.1 Å². The highest BCUT2D eigenvalue weighted by atomic mass is 32.1. The van der Waals surface area contributed by atoms with Crippen LogP contribution in [-0.4, -0.2) is 17.4 Å². The van der Waals surface area contributed by atoms with Gasteiger partial charge < -0.3 is 10.3 Å². The zero-order chi connectivity index (χ0) is 18.8. The minimum absolute atomic E-state index is 0.00220. The number of nitrogens with one attached hydrogen (secondary N) is 2. The molecule has 0 bridgehead atoms. The molecule has 1 amide bonds. The Morgan fingerprint density at radius 1 is 1.07 bits per heavy atom. The van der Waals surface area contributed by atoms with Crippen molar-refractivity contribution in [1.29, 1.82) is 0 Å². The van der Waals surface area contributed by atoms with E-state index in [1.54, 1.807) is 11.3 Å². The minimum Gasteiger partial charge on any atom is -0.361 e. The lowest BCUT2D eigenvalue weighted by Gasteiger charge is -2.18. The predicted molar refractivity (Wildman–Crippen MR) is 113 cm³/mol. The molecule has 4 heteroatoms. The molecule has 1 atom stereocenters. The van der Waals surface area contributed by atoms with Crippen molar-refractivity contribution in [3.05, 3.63) is 93.3 Å². The van der Waals surface area contributed by atoms with Gasteiger partial charge >= 0.3 is 0 Å². The summed E-state index contributed by atoms with van der Waals surface area (Å²) in [5, 5.41) is 4.36. The summed E-state index contributed by atoms with van der Waals surface area (Å²) in [6.45, 7) is 4.59. The molecule has 0 aliphatic rings. The smallest absolute Gasteiger partial charge is 0.252 e. The van der Waals surface area contributed by atoms with Crippen molar-refractivity contribution < 1.29 is 4.79 Å². The van der Waals surface area contributed by atoms with E-state index in [4.69, 9.17) is 0 Å². The van der Waals surface area contributed by atoms with Gasteiger partial charge in [0.05, 0.1) is 5.56 Å². The van der Waals surface area contributed by atoms with Gasteiger partial charge in [-0.2, -0.15) is 0 Å². The molecular weight excluding hydrogens is 352 g/mol. The minimum atomic E-state index is -0.00220. The van der Waals surface area contributed by atoms with Crippen molar-refractivity contribution in [2.45, 2.75) is 19.8 Å². The second-order valence-corrected chi connectivity index (χ2v) is 8.25. The summed E-state index contributed by atoms with van der Waals surface area (Å²) < 4.78 is 0. The van der Waals surface area contributed by atoms with Crippen molar-refractivity contribution in [2.75, 3.05) is 6.54 Å². The Morgan fingerprint density at radius 2 is 1.81 bits per heavy atom. The van der Waals surface area contributed by atoms with Gasteiger partial charge in [-0.1, -0.05) is 48.5 Å². The Balaban J connectivity index is 1.65. The van der Waals surface area contributed by atoms with Crippen LogP contribution in [0.4, 0.5) is 0 Å². The van der Waals surface area contributed by atoms with Crippen LogP contribution in [-0.2, 0) is 0 Å². The number of hydrogen-bond donors (Lipinski definition) is 2. The third-order valence-corrected chi connectivity index (χ3v) is 5.92. The Labute approximate surface area is 163 Å². The average molecular weight is 375 g/mol. The molecule has 4 rings (SSSR count). The van der Waals surface area contributed by atoms with Gasteiger partial charge in [0.1, 0.15) is 0 Å². The van der Waals surface area contributed by atoms with Crippen LogP contribution in [0.2, 0.25) is 0 Å². The molecule has 0 saturated heterocycles. The second-order valence-electron chi connectivity index (χ2n) is 6.79. The first-order valence-corrected chi connectivity index (χ1v) is 9.91. The molecule has 2 heterocycles. The second kappa shape index (κ2) is 7.41. The van der Waals surface area contributed by atoms with Gasteiger partial charge in [0.15, 0.2) is 0 Å². The van der Waals surface area contributed by atoms with Crippen molar-refractivity contribution in [3.63, 3.8) is 0 Å². The summed E-state index contributed by atoms with van der Waals surface area (Å²) in [6.07, 6.45) is 2.06. The largest absolute Gasteiger partial charge is 0.361 e. The number of benzene rings is 2. The van der Waals surface area contributed by atoms with E-state index in [0.717, 1.165) is 20.8 Å². The van der Waals surface area contributed by atoms with Gasteiger partial charge in [-0.15, -0.1) is 11.3 Å². The Hall–Kier alpha value is -2.85. The van der Waals surface area contributed by atoms with E-state index in [2.05, 4.69) is 46.8 Å². The molecule has 0 radical (unpaired) electrons. The highest BCUT2D eigenvalue weighted by Crippen LogP contribution is 2.30. The average Bonchev–Trinajstić information content (AvgIpc) is 3.26. The first-order valence-electron chi connectivity index (χ1n) is 9.09. The third kappa shape index (κ3) is 3.53. The quantitative estimate of drug-likeness (QED) is 0.482. The summed E-state index contributed by atoms with van der Waals surface area (Å²) in [5.41, 5.74) is 4.29. The van der Waals surface area contributed by atoms with E-state index in [9.17, 15) is 4.79 Å². The Morgan fingerprint density at radius 3 is 2.56 bits per heavy atom. The number of amides is 1. The number of carbonyl (C=O) groups excluding carboxylic acids is 1. The summed E-state index contributed by atoms with van der Waals surface area (Å²) >= 11 is 1.66. The number of H-pyrrole nitrogens is 1. The van der Waals surface area contributed by atoms with Crippen LogP contribution >= 0.6 is 11.3 Å². The van der Waals surface area contributed by atoms with Gasteiger partial charge in [0, 0.05) is 39.3 Å². The maximum absolute atomic E-state index is 12.7. The topological polar surface area (TPSA) is 44.9 Å². The molecule has 1 unspecified atom stereocenters. The van der Waals surface area contributed by atoms with Gasteiger partial charge in [-0.05, 0) is 37.1 Å². The number of aromatic amines is 1. The molecule has 2 aromatic heterocycles. The van der Waals surface area contributed by atoms with Crippen LogP contribution in [0.5, 0.6) is 0 Å². The molecule has 27 heavy (non-hydrogen) atoms. The normalized spacial score (nSPS) is 12.2. The van der Waals surface area contributed by atoms with Crippen LogP contribution in [0, 0.1) is 13.8 Å². The summed E-state index contributed by atoms with van der Waals surface area (Å²) in [5.74, 6) is 0.0870. The molecule has 0 spiro atoms. The maximum Gasteiger partial charge on any atom is 0.252 e. The van der Waals surface area contributed by atoms with E-state index in [1.807, 2.05) is 44.2 Å². The van der Waals surface area contributed by atoms with Crippen molar-refractivity contribution in [1.82, 2.24) is 10.3 Å². The highest BCUT2D eigenvalue weighted by Gasteiger charge is 2.20. The van der Waals surface area contributed by atoms with Crippen LogP contribution in [0.25, 0.3) is 10.9 Å². The Kier molecular flexibility index (Phi) is 4.82. The van der Waals surface area contributed by atoms with Gasteiger partial charge in [-0.25, -0.2) is 0 Å². The van der Waals surface area contributed by atoms with Crippen LogP contribution < -0.4 is 5.32 Å². The number of fused-ring (bicyclic) bond motifs is 1. The fourth-order valence-corrected chi connectivity index (χ4v) is 4.54. The fourth-order valence-electron chi connectivity index (χ4n) is 3.62. The van der Waals surface area contributed by atoms with E-state index in [1.165, 1.54) is 16.5 Å². The molecule has 136 valence electrons. The van der Waals surface area contributed by atoms with E-state index < -0.39 is 0 Å². The summed E-state index contributed by atoms with van der Waals surface area (Å²) in [6, 6.07) is 20.6. The predicted octanol–water partition coefficient (Wildman–Crippen LogP) is 5.41. The molecule has 0 fully saturated rings. The van der Waals surface area contributed by atoms with E-state index in [-0.39, 0.29) is 11.8 Å². The van der Waals surface area contributed by atoms with E-state index in [0.29, 0.717) is 6.54 Å². The number of hydrogen-bond acceptors (Lipinski definition) is 2. The van der Waals surface area contributed by atoms with Gasteiger partial charge in [0.25, 0.3) is 5.91 Å². The Bertz CT molecular complexity index is 1080. The van der Waals surface area contributed by atoms with Crippen molar-refractivity contribution in [2.24, 2.45) is 0 Å². The molecule has 2 aromatic carbocycles. The standard InChI is InChI=1S/C23H22N2OS/c1-15-12-19(16(2)27-15)23(26)25-13-20(17-8-4-3-5-9-17)21-14-24-22-11-7-6-10-18(21)22/h3-12,14,20,24H,13H2,1-2H3,(H,25,26). The van der Waals surface area contributed by atoms with Crippen LogP contribution in [0.3, 0.4) is 0 Å². The van der Waals surface area contributed by atoms with Crippen LogP contribution in [0.15, 0.2) is 66.9 Å². The fraction of sp³-hybridized carbons (Fsp3) is 0.174. The monoisotopic (exact) mass is 374 g/mol. The summed E-state index contributed by atoms with van der Waals surface area (Å²) in [4.78, 5) is 18.3. The molecule has 0 aliphatic heterocycles. The first kappa shape index (κ1) is 17.6. The number of aromatic nitrogens is 1. The van der Waals surface area contributed by atoms with E-state index >= 15 is 0 Å². The number of rotatable bonds is 5. The molecule has 2 N–H and O–H groups in total. The zero-order valence-corrected chi connectivity index (χ0v) is 16.3. The number of thiophene rings is 1. The molecule has 4 aromatic rings. The molecule has 0 saturated carbocycles. The lowest BCUT2D eigenvalue weighted by atomic mass is 9.91. The number of carbonyl (C=O) groups is 1. The molecular formula is C23H22N2OS.